The number of alkyl carbamates (subject to hydrolysis) is 1. The molecule has 2 N–H and O–H groups in total. The lowest BCUT2D eigenvalue weighted by molar-refractivity contribution is -0.0284. The van der Waals surface area contributed by atoms with Crippen molar-refractivity contribution in [2.24, 2.45) is 0 Å². The smallest absolute Gasteiger partial charge is 0.407 e. The number of nitrogens with one attached hydrogen (secondary N) is 2. The van der Waals surface area contributed by atoms with Gasteiger partial charge in [-0.1, -0.05) is 6.92 Å². The van der Waals surface area contributed by atoms with Crippen LogP contribution in [0.3, 0.4) is 0 Å². The number of carbonyl (C=O) groups excluding carboxylic acids is 1. The maximum absolute atomic E-state index is 11.6. The number of piperidine rings is 1. The van der Waals surface area contributed by atoms with Crippen LogP contribution in [0.2, 0.25) is 0 Å². The molecule has 0 spiro atoms. The van der Waals surface area contributed by atoms with Gasteiger partial charge in [-0.05, 0) is 53.1 Å². The fourth-order valence-electron chi connectivity index (χ4n) is 2.00. The predicted molar refractivity (Wildman–Crippen MR) is 75.3 cm³/mol. The summed E-state index contributed by atoms with van der Waals surface area (Å²) in [6, 6.07) is 0. The van der Waals surface area contributed by atoms with E-state index in [1.54, 1.807) is 0 Å². The highest BCUT2D eigenvalue weighted by Crippen LogP contribution is 2.12. The topological polar surface area (TPSA) is 59.6 Å². The Morgan fingerprint density at radius 1 is 1.37 bits per heavy atom. The second kappa shape index (κ2) is 7.70. The normalized spacial score (nSPS) is 18.9. The Hall–Kier alpha value is -0.810. The molecular weight excluding hydrogens is 244 g/mol. The first kappa shape index (κ1) is 16.2. The molecule has 0 aromatic heterocycles. The fourth-order valence-corrected chi connectivity index (χ4v) is 2.00. The summed E-state index contributed by atoms with van der Waals surface area (Å²) in [6.07, 6.45) is 2.98. The largest absolute Gasteiger partial charge is 0.444 e. The monoisotopic (exact) mass is 272 g/mol. The average molecular weight is 272 g/mol. The van der Waals surface area contributed by atoms with E-state index in [2.05, 4.69) is 17.6 Å². The van der Waals surface area contributed by atoms with Gasteiger partial charge in [-0.25, -0.2) is 4.79 Å². The first-order chi connectivity index (χ1) is 8.90. The molecular formula is C14H28N2O3. The second-order valence-electron chi connectivity index (χ2n) is 6.00. The molecule has 0 radical (unpaired) electrons. The van der Waals surface area contributed by atoms with E-state index in [9.17, 15) is 4.79 Å². The molecule has 1 rings (SSSR count). The molecule has 5 nitrogen and oxygen atoms in total. The number of ether oxygens (including phenoxy) is 2. The molecule has 1 atom stereocenters. The predicted octanol–water partition coefficient (Wildman–Crippen LogP) is 2.06. The Morgan fingerprint density at radius 2 is 2.00 bits per heavy atom. The van der Waals surface area contributed by atoms with Gasteiger partial charge in [-0.15, -0.1) is 0 Å². The van der Waals surface area contributed by atoms with Crippen LogP contribution in [-0.2, 0) is 9.47 Å². The van der Waals surface area contributed by atoms with E-state index < -0.39 is 5.60 Å². The van der Waals surface area contributed by atoms with Crippen molar-refractivity contribution < 1.29 is 14.3 Å². The van der Waals surface area contributed by atoms with Gasteiger partial charge in [0.2, 0.25) is 0 Å². The lowest BCUT2D eigenvalue weighted by Gasteiger charge is -2.28. The van der Waals surface area contributed by atoms with Crippen molar-refractivity contribution in [3.8, 4) is 0 Å². The van der Waals surface area contributed by atoms with E-state index in [1.807, 2.05) is 20.8 Å². The first-order valence-corrected chi connectivity index (χ1v) is 7.23. The number of hydrogen-bond donors (Lipinski definition) is 2. The number of carbonyl (C=O) groups is 1. The summed E-state index contributed by atoms with van der Waals surface area (Å²) < 4.78 is 11.2. The van der Waals surface area contributed by atoms with Gasteiger partial charge in [-0.2, -0.15) is 0 Å². The molecule has 1 aliphatic rings. The molecule has 1 saturated heterocycles. The van der Waals surface area contributed by atoms with Gasteiger partial charge in [0, 0.05) is 6.54 Å². The second-order valence-corrected chi connectivity index (χ2v) is 6.00. The Morgan fingerprint density at radius 3 is 2.53 bits per heavy atom. The highest BCUT2D eigenvalue weighted by Gasteiger charge is 2.20. The fraction of sp³-hybridized carbons (Fsp3) is 0.929. The number of amides is 1. The van der Waals surface area contributed by atoms with Gasteiger partial charge in [0.1, 0.15) is 5.60 Å². The Labute approximate surface area is 116 Å². The van der Waals surface area contributed by atoms with E-state index in [0.717, 1.165) is 32.4 Å². The van der Waals surface area contributed by atoms with Crippen molar-refractivity contribution in [3.05, 3.63) is 0 Å². The van der Waals surface area contributed by atoms with Crippen LogP contribution in [0.4, 0.5) is 4.79 Å². The molecule has 5 heteroatoms. The molecule has 0 saturated carbocycles. The van der Waals surface area contributed by atoms with Crippen LogP contribution in [0.5, 0.6) is 0 Å². The molecule has 1 heterocycles. The summed E-state index contributed by atoms with van der Waals surface area (Å²) in [6.45, 7) is 10.2. The third-order valence-electron chi connectivity index (χ3n) is 3.00. The van der Waals surface area contributed by atoms with Gasteiger partial charge < -0.3 is 20.1 Å². The van der Waals surface area contributed by atoms with Crippen LogP contribution < -0.4 is 10.6 Å². The molecule has 1 unspecified atom stereocenters. The van der Waals surface area contributed by atoms with Crippen LogP contribution in [0.15, 0.2) is 0 Å². The molecule has 0 aromatic rings. The quantitative estimate of drug-likeness (QED) is 0.804. The van der Waals surface area contributed by atoms with Gasteiger partial charge >= 0.3 is 6.09 Å². The Balaban J connectivity index is 2.25. The molecule has 112 valence electrons. The summed E-state index contributed by atoms with van der Waals surface area (Å²) in [7, 11) is 0. The van der Waals surface area contributed by atoms with Crippen molar-refractivity contribution in [2.75, 3.05) is 19.6 Å². The van der Waals surface area contributed by atoms with E-state index in [4.69, 9.17) is 9.47 Å². The van der Waals surface area contributed by atoms with Gasteiger partial charge in [0.25, 0.3) is 0 Å². The Kier molecular flexibility index (Phi) is 6.58. The van der Waals surface area contributed by atoms with Gasteiger partial charge in [0.15, 0.2) is 0 Å². The maximum Gasteiger partial charge on any atom is 0.407 e. The van der Waals surface area contributed by atoms with Crippen LogP contribution >= 0.6 is 0 Å². The van der Waals surface area contributed by atoms with Gasteiger partial charge in [0.05, 0.1) is 12.2 Å². The highest BCUT2D eigenvalue weighted by atomic mass is 16.6. The minimum Gasteiger partial charge on any atom is -0.444 e. The minimum absolute atomic E-state index is 0.0654. The van der Waals surface area contributed by atoms with Crippen molar-refractivity contribution >= 4 is 6.09 Å². The molecule has 0 bridgehead atoms. The summed E-state index contributed by atoms with van der Waals surface area (Å²) in [5, 5.41) is 6.09. The van der Waals surface area contributed by atoms with Crippen molar-refractivity contribution in [3.63, 3.8) is 0 Å². The van der Waals surface area contributed by atoms with Crippen molar-refractivity contribution in [2.45, 2.75) is 64.8 Å². The Bertz CT molecular complexity index is 270. The van der Waals surface area contributed by atoms with Crippen LogP contribution in [0.25, 0.3) is 0 Å². The lowest BCUT2D eigenvalue weighted by atomic mass is 10.1. The van der Waals surface area contributed by atoms with Gasteiger partial charge in [-0.3, -0.25) is 0 Å². The molecule has 1 amide bonds. The molecule has 1 aliphatic heterocycles. The van der Waals surface area contributed by atoms with Crippen LogP contribution in [0, 0.1) is 0 Å². The SMILES string of the molecule is CCC(CNC(=O)OC(C)(C)C)OC1CCNCC1. The third kappa shape index (κ3) is 7.38. The van der Waals surface area contributed by atoms with E-state index in [1.165, 1.54) is 0 Å². The van der Waals surface area contributed by atoms with Crippen molar-refractivity contribution in [1.29, 1.82) is 0 Å². The number of rotatable bonds is 5. The molecule has 0 aromatic carbocycles. The van der Waals surface area contributed by atoms with Crippen LogP contribution in [-0.4, -0.2) is 43.5 Å². The van der Waals surface area contributed by atoms with E-state index >= 15 is 0 Å². The maximum atomic E-state index is 11.6. The molecule has 0 aliphatic carbocycles. The highest BCUT2D eigenvalue weighted by molar-refractivity contribution is 5.67. The minimum atomic E-state index is -0.457. The zero-order valence-electron chi connectivity index (χ0n) is 12.6. The zero-order valence-corrected chi connectivity index (χ0v) is 12.6. The average Bonchev–Trinajstić information content (AvgIpc) is 2.33. The first-order valence-electron chi connectivity index (χ1n) is 7.23. The molecule has 19 heavy (non-hydrogen) atoms. The third-order valence-corrected chi connectivity index (χ3v) is 3.00. The van der Waals surface area contributed by atoms with E-state index in [0.29, 0.717) is 12.6 Å². The standard InChI is InChI=1S/C14H28N2O3/c1-5-11(18-12-6-8-15-9-7-12)10-16-13(17)19-14(2,3)4/h11-12,15H,5-10H2,1-4H3,(H,16,17). The summed E-state index contributed by atoms with van der Waals surface area (Å²) >= 11 is 0. The summed E-state index contributed by atoms with van der Waals surface area (Å²) in [5.74, 6) is 0. The lowest BCUT2D eigenvalue weighted by Crippen LogP contribution is -2.40. The van der Waals surface area contributed by atoms with E-state index in [-0.39, 0.29) is 12.2 Å². The zero-order chi connectivity index (χ0) is 14.3. The number of hydrogen-bond acceptors (Lipinski definition) is 4. The van der Waals surface area contributed by atoms with Crippen LogP contribution in [0.1, 0.15) is 47.0 Å². The molecule has 1 fully saturated rings. The summed E-state index contributed by atoms with van der Waals surface area (Å²) in [4.78, 5) is 11.6. The summed E-state index contributed by atoms with van der Waals surface area (Å²) in [5.41, 5.74) is -0.457. The van der Waals surface area contributed by atoms with Crippen molar-refractivity contribution in [1.82, 2.24) is 10.6 Å².